The van der Waals surface area contributed by atoms with Gasteiger partial charge in [0, 0.05) is 22.5 Å². The standard InChI is InChI=1S/C38H41F2N3O4S/c1-24(2)47-38(46)35(20-21-48-3)43-37(45)34-23-32(19-13-28(34)11-5-26-8-16-30(40)17-9-26)42-36(44)33-22-31(41)18-12-27(33)10-4-25-6-14-29(39)15-7-25/h6-9,12-19,22-24,35H,4-5,10-11,20-21,41H2,1-3H3,(H,42,44)(H,43,45)/t35-/m0/s1. The number of nitrogens with two attached hydrogens (primary N) is 1. The van der Waals surface area contributed by atoms with E-state index in [1.54, 1.807) is 86.3 Å². The monoisotopic (exact) mass is 673 g/mol. The lowest BCUT2D eigenvalue weighted by atomic mass is 9.97. The molecule has 2 amide bonds. The zero-order valence-electron chi connectivity index (χ0n) is 27.4. The van der Waals surface area contributed by atoms with Gasteiger partial charge in [0.05, 0.1) is 6.10 Å². The van der Waals surface area contributed by atoms with Crippen molar-refractivity contribution in [3.63, 3.8) is 0 Å². The molecule has 0 heterocycles. The number of hydrogen-bond donors (Lipinski definition) is 3. The molecule has 0 bridgehead atoms. The number of nitrogen functional groups attached to an aromatic ring is 1. The first kappa shape index (κ1) is 36.1. The molecule has 7 nitrogen and oxygen atoms in total. The third kappa shape index (κ3) is 10.7. The van der Waals surface area contributed by atoms with E-state index in [0.29, 0.717) is 65.9 Å². The van der Waals surface area contributed by atoms with Crippen LogP contribution in [0.3, 0.4) is 0 Å². The van der Waals surface area contributed by atoms with Gasteiger partial charge >= 0.3 is 5.97 Å². The summed E-state index contributed by atoms with van der Waals surface area (Å²) in [5, 5.41) is 5.76. The van der Waals surface area contributed by atoms with E-state index in [1.165, 1.54) is 24.3 Å². The fraction of sp³-hybridized carbons (Fsp3) is 0.289. The fourth-order valence-electron chi connectivity index (χ4n) is 5.20. The predicted octanol–water partition coefficient (Wildman–Crippen LogP) is 7.17. The first-order valence-corrected chi connectivity index (χ1v) is 17.2. The van der Waals surface area contributed by atoms with E-state index in [1.807, 2.05) is 6.26 Å². The van der Waals surface area contributed by atoms with Crippen molar-refractivity contribution in [3.8, 4) is 0 Å². The summed E-state index contributed by atoms with van der Waals surface area (Å²) in [7, 11) is 0. The summed E-state index contributed by atoms with van der Waals surface area (Å²) in [6.45, 7) is 3.50. The van der Waals surface area contributed by atoms with E-state index in [9.17, 15) is 23.2 Å². The summed E-state index contributed by atoms with van der Waals surface area (Å²) in [5.41, 5.74) is 10.8. The largest absolute Gasteiger partial charge is 0.461 e. The molecule has 10 heteroatoms. The molecule has 0 radical (unpaired) electrons. The molecule has 0 spiro atoms. The van der Waals surface area contributed by atoms with Gasteiger partial charge < -0.3 is 21.1 Å². The summed E-state index contributed by atoms with van der Waals surface area (Å²) < 4.78 is 32.3. The van der Waals surface area contributed by atoms with Crippen LogP contribution >= 0.6 is 11.8 Å². The molecule has 0 aromatic heterocycles. The fourth-order valence-corrected chi connectivity index (χ4v) is 5.67. The number of aryl methyl sites for hydroxylation is 4. The average Bonchev–Trinajstić information content (AvgIpc) is 3.06. The molecule has 1 atom stereocenters. The number of esters is 1. The van der Waals surface area contributed by atoms with Gasteiger partial charge in [-0.3, -0.25) is 9.59 Å². The van der Waals surface area contributed by atoms with Crippen LogP contribution in [0.25, 0.3) is 0 Å². The first-order valence-electron chi connectivity index (χ1n) is 15.8. The number of rotatable bonds is 15. The summed E-state index contributed by atoms with van der Waals surface area (Å²) >= 11 is 1.55. The van der Waals surface area contributed by atoms with Gasteiger partial charge in [-0.15, -0.1) is 0 Å². The van der Waals surface area contributed by atoms with Gasteiger partial charge in [-0.1, -0.05) is 36.4 Å². The van der Waals surface area contributed by atoms with Crippen LogP contribution in [0.2, 0.25) is 0 Å². The molecular weight excluding hydrogens is 632 g/mol. The quantitative estimate of drug-likeness (QED) is 0.0912. The smallest absolute Gasteiger partial charge is 0.328 e. The molecule has 0 unspecified atom stereocenters. The number of thioether (sulfide) groups is 1. The maximum atomic E-state index is 13.8. The van der Waals surface area contributed by atoms with Crippen LogP contribution in [0.4, 0.5) is 20.2 Å². The highest BCUT2D eigenvalue weighted by Crippen LogP contribution is 2.23. The van der Waals surface area contributed by atoms with Crippen LogP contribution in [0.1, 0.15) is 63.2 Å². The number of anilines is 2. The Labute approximate surface area is 284 Å². The number of halogens is 2. The van der Waals surface area contributed by atoms with Crippen LogP contribution < -0.4 is 16.4 Å². The van der Waals surface area contributed by atoms with E-state index in [2.05, 4.69) is 10.6 Å². The van der Waals surface area contributed by atoms with Gasteiger partial charge in [-0.2, -0.15) is 11.8 Å². The van der Waals surface area contributed by atoms with Gasteiger partial charge in [-0.25, -0.2) is 13.6 Å². The molecule has 48 heavy (non-hydrogen) atoms. The number of nitrogens with one attached hydrogen (secondary N) is 2. The molecule has 252 valence electrons. The number of carbonyl (C=O) groups excluding carboxylic acids is 3. The van der Waals surface area contributed by atoms with E-state index < -0.39 is 23.8 Å². The zero-order valence-corrected chi connectivity index (χ0v) is 28.2. The summed E-state index contributed by atoms with van der Waals surface area (Å²) in [4.78, 5) is 40.3. The van der Waals surface area contributed by atoms with Crippen LogP contribution in [0.15, 0.2) is 84.9 Å². The van der Waals surface area contributed by atoms with Crippen LogP contribution in [0, 0.1) is 11.6 Å². The lowest BCUT2D eigenvalue weighted by Crippen LogP contribution is -2.43. The van der Waals surface area contributed by atoms with Gasteiger partial charge in [0.1, 0.15) is 17.7 Å². The van der Waals surface area contributed by atoms with Crippen molar-refractivity contribution >= 4 is 40.9 Å². The van der Waals surface area contributed by atoms with Crippen molar-refractivity contribution in [1.82, 2.24) is 5.32 Å². The second-order valence-electron chi connectivity index (χ2n) is 11.8. The van der Waals surface area contributed by atoms with Crippen molar-refractivity contribution in [1.29, 1.82) is 0 Å². The molecule has 0 aliphatic rings. The third-order valence-electron chi connectivity index (χ3n) is 7.74. The number of hydrogen-bond acceptors (Lipinski definition) is 6. The Morgan fingerprint density at radius 1 is 0.750 bits per heavy atom. The second kappa shape index (κ2) is 17.5. The number of carbonyl (C=O) groups is 3. The van der Waals surface area contributed by atoms with Crippen LogP contribution in [-0.2, 0) is 35.2 Å². The van der Waals surface area contributed by atoms with Crippen LogP contribution in [-0.4, -0.2) is 41.9 Å². The highest BCUT2D eigenvalue weighted by Gasteiger charge is 2.25. The van der Waals surface area contributed by atoms with Crippen molar-refractivity contribution in [2.24, 2.45) is 0 Å². The molecule has 0 saturated heterocycles. The normalized spacial score (nSPS) is 11.6. The molecule has 0 fully saturated rings. The Hall–Kier alpha value is -4.70. The Morgan fingerprint density at radius 2 is 1.29 bits per heavy atom. The highest BCUT2D eigenvalue weighted by molar-refractivity contribution is 7.98. The van der Waals surface area contributed by atoms with E-state index in [-0.39, 0.29) is 17.7 Å². The van der Waals surface area contributed by atoms with Crippen molar-refractivity contribution in [2.45, 2.75) is 58.1 Å². The molecule has 4 aromatic rings. The highest BCUT2D eigenvalue weighted by atomic mass is 32.2. The van der Waals surface area contributed by atoms with Gasteiger partial charge in [-0.05, 0) is 129 Å². The molecule has 4 aromatic carbocycles. The summed E-state index contributed by atoms with van der Waals surface area (Å²) in [6.07, 6.45) is 4.07. The molecule has 4 N–H and O–H groups in total. The minimum Gasteiger partial charge on any atom is -0.461 e. The number of ether oxygens (including phenoxy) is 1. The molecule has 0 aliphatic heterocycles. The van der Waals surface area contributed by atoms with E-state index in [4.69, 9.17) is 10.5 Å². The summed E-state index contributed by atoms with van der Waals surface area (Å²) in [6, 6.07) is 21.8. The third-order valence-corrected chi connectivity index (χ3v) is 8.38. The number of benzene rings is 4. The lowest BCUT2D eigenvalue weighted by Gasteiger charge is -2.20. The van der Waals surface area contributed by atoms with Crippen LogP contribution in [0.5, 0.6) is 0 Å². The second-order valence-corrected chi connectivity index (χ2v) is 12.8. The molecule has 4 rings (SSSR count). The number of amides is 2. The maximum absolute atomic E-state index is 13.8. The molecular formula is C38H41F2N3O4S. The average molecular weight is 674 g/mol. The van der Waals surface area contributed by atoms with Gasteiger partial charge in [0.15, 0.2) is 0 Å². The first-order chi connectivity index (χ1) is 23.0. The Balaban J connectivity index is 1.59. The Kier molecular flexibility index (Phi) is 13.1. The molecule has 0 aliphatic carbocycles. The maximum Gasteiger partial charge on any atom is 0.328 e. The summed E-state index contributed by atoms with van der Waals surface area (Å²) in [5.74, 6) is -1.40. The zero-order chi connectivity index (χ0) is 34.6. The van der Waals surface area contributed by atoms with E-state index >= 15 is 0 Å². The topological polar surface area (TPSA) is 111 Å². The SMILES string of the molecule is CSCC[C@H](NC(=O)c1cc(NC(=O)c2cc(N)ccc2CCc2ccc(F)cc2)ccc1CCc1ccc(F)cc1)C(=O)OC(C)C. The minimum absolute atomic E-state index is 0.297. The van der Waals surface area contributed by atoms with Crippen molar-refractivity contribution < 1.29 is 27.9 Å². The lowest BCUT2D eigenvalue weighted by molar-refractivity contribution is -0.149. The predicted molar refractivity (Wildman–Crippen MR) is 188 cm³/mol. The van der Waals surface area contributed by atoms with Gasteiger partial charge in [0.25, 0.3) is 11.8 Å². The van der Waals surface area contributed by atoms with Crippen molar-refractivity contribution in [2.75, 3.05) is 23.1 Å². The Bertz CT molecular complexity index is 1710. The Morgan fingerprint density at radius 3 is 1.83 bits per heavy atom. The van der Waals surface area contributed by atoms with E-state index in [0.717, 1.165) is 16.7 Å². The molecule has 0 saturated carbocycles. The van der Waals surface area contributed by atoms with Gasteiger partial charge in [0.2, 0.25) is 0 Å². The van der Waals surface area contributed by atoms with Crippen molar-refractivity contribution in [3.05, 3.63) is 130 Å². The minimum atomic E-state index is -0.855.